The Morgan fingerprint density at radius 2 is 1.85 bits per heavy atom. The first-order valence-electron chi connectivity index (χ1n) is 9.66. The maximum Gasteiger partial charge on any atom is 0.429 e. The van der Waals surface area contributed by atoms with Crippen molar-refractivity contribution in [3.63, 3.8) is 0 Å². The molecule has 1 heterocycles. The van der Waals surface area contributed by atoms with E-state index < -0.39 is 17.2 Å². The SMILES string of the molecule is NC(=O)ON(C1=Nc2ccc([N+](=O)[O-])cc2C(c2ccccc2Cl)=NC1O)c1cccc(Cl)c1. The van der Waals surface area contributed by atoms with Gasteiger partial charge in [-0.3, -0.25) is 10.1 Å². The molecule has 3 N–H and O–H groups in total. The zero-order valence-corrected chi connectivity index (χ0v) is 18.6. The summed E-state index contributed by atoms with van der Waals surface area (Å²) in [5.41, 5.74) is 6.26. The molecule has 10 nitrogen and oxygen atoms in total. The molecule has 0 spiro atoms. The third-order valence-corrected chi connectivity index (χ3v) is 5.29. The molecule has 3 aromatic carbocycles. The molecule has 0 fully saturated rings. The topological polar surface area (TPSA) is 144 Å². The van der Waals surface area contributed by atoms with E-state index in [1.54, 1.807) is 42.5 Å². The van der Waals surface area contributed by atoms with Crippen LogP contribution < -0.4 is 10.8 Å². The maximum absolute atomic E-state index is 11.7. The van der Waals surface area contributed by atoms with Gasteiger partial charge in [-0.1, -0.05) is 47.5 Å². The van der Waals surface area contributed by atoms with Crippen LogP contribution in [0.25, 0.3) is 0 Å². The first kappa shape index (κ1) is 23.2. The number of hydroxylamine groups is 1. The second kappa shape index (κ2) is 9.48. The number of aliphatic imine (C=N–C) groups is 2. The van der Waals surface area contributed by atoms with Gasteiger partial charge in [-0.05, 0) is 30.3 Å². The smallest absolute Gasteiger partial charge is 0.365 e. The fraction of sp³-hybridized carbons (Fsp3) is 0.0455. The summed E-state index contributed by atoms with van der Waals surface area (Å²) in [5.74, 6) is -0.238. The van der Waals surface area contributed by atoms with Crippen LogP contribution in [0.1, 0.15) is 11.1 Å². The van der Waals surface area contributed by atoms with E-state index in [0.717, 1.165) is 5.06 Å². The number of benzene rings is 3. The van der Waals surface area contributed by atoms with Gasteiger partial charge in [-0.25, -0.2) is 14.8 Å². The van der Waals surface area contributed by atoms with Crippen LogP contribution in [0.3, 0.4) is 0 Å². The zero-order chi connectivity index (χ0) is 24.4. The largest absolute Gasteiger partial charge is 0.429 e. The lowest BCUT2D eigenvalue weighted by Gasteiger charge is -2.24. The van der Waals surface area contributed by atoms with Crippen LogP contribution in [-0.4, -0.2) is 33.9 Å². The molecule has 172 valence electrons. The molecule has 1 aliphatic rings. The number of aliphatic hydroxyl groups is 1. The monoisotopic (exact) mass is 499 g/mol. The molecular weight excluding hydrogens is 485 g/mol. The number of carbonyl (C=O) groups is 1. The molecule has 12 heteroatoms. The van der Waals surface area contributed by atoms with Crippen molar-refractivity contribution in [3.8, 4) is 0 Å². The summed E-state index contributed by atoms with van der Waals surface area (Å²) in [6.45, 7) is 0. The van der Waals surface area contributed by atoms with E-state index in [0.29, 0.717) is 15.6 Å². The van der Waals surface area contributed by atoms with Crippen molar-refractivity contribution in [2.24, 2.45) is 15.7 Å². The molecule has 1 atom stereocenters. The third kappa shape index (κ3) is 4.69. The number of anilines is 1. The molecule has 0 aromatic heterocycles. The number of nitrogens with zero attached hydrogens (tertiary/aromatic N) is 4. The van der Waals surface area contributed by atoms with E-state index in [9.17, 15) is 20.0 Å². The summed E-state index contributed by atoms with van der Waals surface area (Å²) < 4.78 is 0. The molecule has 0 aliphatic carbocycles. The molecular formula is C22H15Cl2N5O5. The maximum atomic E-state index is 11.7. The number of nitrogens with two attached hydrogens (primary N) is 1. The van der Waals surface area contributed by atoms with E-state index in [2.05, 4.69) is 9.98 Å². The molecule has 0 saturated heterocycles. The summed E-state index contributed by atoms with van der Waals surface area (Å²) >= 11 is 12.4. The van der Waals surface area contributed by atoms with Crippen molar-refractivity contribution in [1.82, 2.24) is 0 Å². The Kier molecular flexibility index (Phi) is 6.46. The van der Waals surface area contributed by atoms with Crippen LogP contribution >= 0.6 is 23.2 Å². The van der Waals surface area contributed by atoms with Gasteiger partial charge >= 0.3 is 6.09 Å². The highest BCUT2D eigenvalue weighted by atomic mass is 35.5. The number of nitro benzene ring substituents is 1. The van der Waals surface area contributed by atoms with E-state index in [1.807, 2.05) is 0 Å². The van der Waals surface area contributed by atoms with Crippen molar-refractivity contribution in [3.05, 3.63) is 98.0 Å². The van der Waals surface area contributed by atoms with Crippen LogP contribution in [0, 0.1) is 10.1 Å². The molecule has 1 aliphatic heterocycles. The number of hydrogen-bond donors (Lipinski definition) is 2. The quantitative estimate of drug-likeness (QED) is 0.397. The number of non-ortho nitro benzene ring substituents is 1. The Morgan fingerprint density at radius 1 is 1.09 bits per heavy atom. The lowest BCUT2D eigenvalue weighted by Crippen LogP contribution is -2.41. The van der Waals surface area contributed by atoms with E-state index >= 15 is 0 Å². The number of rotatable bonds is 3. The summed E-state index contributed by atoms with van der Waals surface area (Å²) in [5, 5.41) is 24.0. The lowest BCUT2D eigenvalue weighted by atomic mass is 10.00. The van der Waals surface area contributed by atoms with Crippen molar-refractivity contribution in [1.29, 1.82) is 0 Å². The van der Waals surface area contributed by atoms with Gasteiger partial charge in [0.25, 0.3) is 5.69 Å². The van der Waals surface area contributed by atoms with Gasteiger partial charge in [0.05, 0.1) is 22.0 Å². The van der Waals surface area contributed by atoms with E-state index in [-0.39, 0.29) is 34.2 Å². The summed E-state index contributed by atoms with van der Waals surface area (Å²) in [6, 6.07) is 16.8. The molecule has 3 aromatic rings. The van der Waals surface area contributed by atoms with Gasteiger partial charge in [0.15, 0.2) is 5.84 Å². The number of halogens is 2. The van der Waals surface area contributed by atoms with Gasteiger partial charge in [0.2, 0.25) is 6.23 Å². The molecule has 1 amide bonds. The average molecular weight is 500 g/mol. The number of amides is 1. The van der Waals surface area contributed by atoms with Crippen molar-refractivity contribution >= 4 is 57.9 Å². The predicted molar refractivity (Wildman–Crippen MR) is 128 cm³/mol. The minimum atomic E-state index is -1.68. The zero-order valence-electron chi connectivity index (χ0n) is 17.1. The second-order valence-electron chi connectivity index (χ2n) is 6.94. The first-order valence-corrected chi connectivity index (χ1v) is 10.4. The average Bonchev–Trinajstić information content (AvgIpc) is 2.93. The summed E-state index contributed by atoms with van der Waals surface area (Å²) in [6.07, 6.45) is -2.87. The van der Waals surface area contributed by atoms with Gasteiger partial charge in [0.1, 0.15) is 0 Å². The Bertz CT molecular complexity index is 1360. The highest BCUT2D eigenvalue weighted by Gasteiger charge is 2.30. The molecule has 0 saturated carbocycles. The lowest BCUT2D eigenvalue weighted by molar-refractivity contribution is -0.384. The summed E-state index contributed by atoms with van der Waals surface area (Å²) in [7, 11) is 0. The number of amidine groups is 1. The number of fused-ring (bicyclic) bond motifs is 1. The Hall–Kier alpha value is -3.99. The molecule has 4 rings (SSSR count). The number of carbonyl (C=O) groups excluding carboxylic acids is 1. The van der Waals surface area contributed by atoms with Crippen LogP contribution in [0.5, 0.6) is 0 Å². The van der Waals surface area contributed by atoms with Gasteiger partial charge < -0.3 is 15.7 Å². The first-order chi connectivity index (χ1) is 16.2. The van der Waals surface area contributed by atoms with Crippen molar-refractivity contribution in [2.75, 3.05) is 5.06 Å². The standard InChI is InChI=1S/C22H15Cl2N5O5/c23-12-4-3-5-13(10-12)28(34-22(25)31)20-21(30)27-19(15-6-1-2-7-17(15)24)16-11-14(29(32)33)8-9-18(16)26-20/h1-11,21,30H,(H2,25,31). The van der Waals surface area contributed by atoms with Gasteiger partial charge in [0, 0.05) is 33.3 Å². The molecule has 0 bridgehead atoms. The molecule has 34 heavy (non-hydrogen) atoms. The minimum Gasteiger partial charge on any atom is -0.365 e. The highest BCUT2D eigenvalue weighted by molar-refractivity contribution is 6.36. The Labute approximate surface area is 202 Å². The number of nitro groups is 1. The number of primary amides is 1. The normalized spacial score (nSPS) is 14.9. The number of hydrogen-bond acceptors (Lipinski definition) is 8. The number of aliphatic hydroxyl groups excluding tert-OH is 1. The Balaban J connectivity index is 1.96. The minimum absolute atomic E-state index is 0.153. The van der Waals surface area contributed by atoms with Crippen LogP contribution in [0.15, 0.2) is 76.7 Å². The van der Waals surface area contributed by atoms with Crippen LogP contribution in [-0.2, 0) is 4.84 Å². The van der Waals surface area contributed by atoms with Crippen LogP contribution in [0.4, 0.5) is 21.9 Å². The van der Waals surface area contributed by atoms with E-state index in [4.69, 9.17) is 33.8 Å². The fourth-order valence-electron chi connectivity index (χ4n) is 3.30. The third-order valence-electron chi connectivity index (χ3n) is 4.72. The highest BCUT2D eigenvalue weighted by Crippen LogP contribution is 2.33. The molecule has 0 radical (unpaired) electrons. The van der Waals surface area contributed by atoms with Crippen LogP contribution in [0.2, 0.25) is 10.0 Å². The van der Waals surface area contributed by atoms with Gasteiger partial charge in [-0.15, -0.1) is 0 Å². The Morgan fingerprint density at radius 3 is 2.53 bits per heavy atom. The second-order valence-corrected chi connectivity index (χ2v) is 7.79. The fourth-order valence-corrected chi connectivity index (χ4v) is 3.71. The molecule has 1 unspecified atom stereocenters. The van der Waals surface area contributed by atoms with E-state index in [1.165, 1.54) is 24.3 Å². The van der Waals surface area contributed by atoms with Crippen molar-refractivity contribution in [2.45, 2.75) is 6.23 Å². The predicted octanol–water partition coefficient (Wildman–Crippen LogP) is 4.62. The van der Waals surface area contributed by atoms with Gasteiger partial charge in [-0.2, -0.15) is 5.06 Å². The van der Waals surface area contributed by atoms with Crippen molar-refractivity contribution < 1.29 is 19.7 Å². The summed E-state index contributed by atoms with van der Waals surface area (Å²) in [4.78, 5) is 36.4.